The predicted molar refractivity (Wildman–Crippen MR) is 114 cm³/mol. The zero-order valence-corrected chi connectivity index (χ0v) is 17.5. The van der Waals surface area contributed by atoms with E-state index in [0.717, 1.165) is 6.33 Å². The monoisotopic (exact) mass is 486 g/mol. The summed E-state index contributed by atoms with van der Waals surface area (Å²) in [5, 5.41) is 5.19. The van der Waals surface area contributed by atoms with Gasteiger partial charge in [0.15, 0.2) is 0 Å². The van der Waals surface area contributed by atoms with Gasteiger partial charge in [-0.15, -0.1) is 0 Å². The molecule has 0 bridgehead atoms. The lowest BCUT2D eigenvalue weighted by molar-refractivity contribution is -0.142. The first-order chi connectivity index (χ1) is 15.9. The van der Waals surface area contributed by atoms with Gasteiger partial charge in [-0.2, -0.15) is 26.3 Å². The Labute approximate surface area is 188 Å². The lowest BCUT2D eigenvalue weighted by Gasteiger charge is -2.30. The number of nitrogens with zero attached hydrogens (tertiary/aromatic N) is 2. The minimum atomic E-state index is -5.09. The van der Waals surface area contributed by atoms with E-state index in [9.17, 15) is 31.1 Å². The van der Waals surface area contributed by atoms with Crippen molar-refractivity contribution < 1.29 is 26.3 Å². The zero-order valence-electron chi connectivity index (χ0n) is 17.5. The molecule has 0 unspecified atom stereocenters. The number of aromatic nitrogens is 3. The van der Waals surface area contributed by atoms with Crippen molar-refractivity contribution >= 4 is 28.1 Å². The van der Waals surface area contributed by atoms with Crippen molar-refractivity contribution in [3.63, 3.8) is 0 Å². The lowest BCUT2D eigenvalue weighted by Crippen LogP contribution is -2.33. The van der Waals surface area contributed by atoms with Crippen LogP contribution in [0, 0.1) is 0 Å². The zero-order chi connectivity index (χ0) is 24.7. The third-order valence-corrected chi connectivity index (χ3v) is 5.70. The maximum Gasteiger partial charge on any atom is 0.418 e. The third-order valence-electron chi connectivity index (χ3n) is 5.70. The van der Waals surface area contributed by atoms with Crippen molar-refractivity contribution in [3.05, 3.63) is 52.2 Å². The summed E-state index contributed by atoms with van der Waals surface area (Å²) in [6.45, 7) is 0. The molecule has 0 spiro atoms. The first-order valence-corrected chi connectivity index (χ1v) is 10.4. The van der Waals surface area contributed by atoms with Crippen LogP contribution in [0.4, 0.5) is 43.5 Å². The second-order valence-corrected chi connectivity index (χ2v) is 8.11. The molecule has 34 heavy (non-hydrogen) atoms. The van der Waals surface area contributed by atoms with Crippen molar-refractivity contribution in [2.24, 2.45) is 5.73 Å². The average Bonchev–Trinajstić information content (AvgIpc) is 2.75. The molecule has 2 heterocycles. The van der Waals surface area contributed by atoms with E-state index in [1.807, 2.05) is 0 Å². The van der Waals surface area contributed by atoms with Crippen LogP contribution in [0.1, 0.15) is 36.8 Å². The molecular weight excluding hydrogens is 466 g/mol. The molecule has 1 aliphatic rings. The van der Waals surface area contributed by atoms with Gasteiger partial charge >= 0.3 is 12.4 Å². The van der Waals surface area contributed by atoms with Crippen LogP contribution in [0.5, 0.6) is 0 Å². The molecule has 0 atom stereocenters. The van der Waals surface area contributed by atoms with Crippen LogP contribution in [0.2, 0.25) is 0 Å². The number of benzene rings is 1. The Balaban J connectivity index is 1.88. The Morgan fingerprint density at radius 2 is 1.71 bits per heavy atom. The standard InChI is InChI=1S/C21H20F6N6O/c22-20(23,24)10-7-13(21(25,26)27)17(32-12-3-1-11(28)2-4-12)15(8-10)33-18-16-14(30-9-31-18)5-6-29-19(16)34/h5-9,11-12,32H,1-4,28H2,(H,29,34)(H,30,31,33). The molecule has 0 aliphatic heterocycles. The first-order valence-electron chi connectivity index (χ1n) is 10.4. The summed E-state index contributed by atoms with van der Waals surface area (Å²) >= 11 is 0. The van der Waals surface area contributed by atoms with E-state index in [2.05, 4.69) is 25.6 Å². The van der Waals surface area contributed by atoms with Crippen LogP contribution in [-0.4, -0.2) is 27.0 Å². The maximum atomic E-state index is 13.9. The normalized spacial score (nSPS) is 19.3. The van der Waals surface area contributed by atoms with Crippen LogP contribution in [0.3, 0.4) is 0 Å². The van der Waals surface area contributed by atoms with Gasteiger partial charge in [0.05, 0.1) is 28.0 Å². The molecule has 0 amide bonds. The van der Waals surface area contributed by atoms with Crippen molar-refractivity contribution in [1.82, 2.24) is 15.0 Å². The van der Waals surface area contributed by atoms with Gasteiger partial charge in [-0.05, 0) is 43.9 Å². The number of nitrogens with one attached hydrogen (secondary N) is 3. The first kappa shape index (κ1) is 23.8. The molecule has 1 saturated carbocycles. The number of fused-ring (bicyclic) bond motifs is 1. The smallest absolute Gasteiger partial charge is 0.380 e. The molecule has 3 aromatic rings. The molecule has 5 N–H and O–H groups in total. The number of rotatable bonds is 4. The third kappa shape index (κ3) is 4.93. The number of halogens is 6. The molecular formula is C21H20F6N6O. The van der Waals surface area contributed by atoms with Gasteiger partial charge < -0.3 is 21.4 Å². The second kappa shape index (κ2) is 8.78. The van der Waals surface area contributed by atoms with E-state index in [0.29, 0.717) is 31.7 Å². The van der Waals surface area contributed by atoms with Gasteiger partial charge in [-0.1, -0.05) is 0 Å². The van der Waals surface area contributed by atoms with E-state index in [1.165, 1.54) is 12.3 Å². The van der Waals surface area contributed by atoms with Crippen molar-refractivity contribution in [2.75, 3.05) is 10.6 Å². The minimum absolute atomic E-state index is 0.0764. The van der Waals surface area contributed by atoms with Crippen LogP contribution in [-0.2, 0) is 12.4 Å². The summed E-state index contributed by atoms with van der Waals surface area (Å²) in [7, 11) is 0. The highest BCUT2D eigenvalue weighted by Gasteiger charge is 2.40. The summed E-state index contributed by atoms with van der Waals surface area (Å²) in [6, 6.07) is 1.57. The van der Waals surface area contributed by atoms with E-state index >= 15 is 0 Å². The lowest BCUT2D eigenvalue weighted by atomic mass is 9.91. The number of anilines is 3. The van der Waals surface area contributed by atoms with Gasteiger partial charge in [0.2, 0.25) is 0 Å². The fraction of sp³-hybridized carbons (Fsp3) is 0.381. The van der Waals surface area contributed by atoms with E-state index in [4.69, 9.17) is 5.73 Å². The summed E-state index contributed by atoms with van der Waals surface area (Å²) in [6.07, 6.45) is -5.73. The molecule has 1 fully saturated rings. The SMILES string of the molecule is NC1CCC(Nc2c(Nc3ncnc4cc[nH]c(=O)c34)cc(C(F)(F)F)cc2C(F)(F)F)CC1. The van der Waals surface area contributed by atoms with E-state index in [-0.39, 0.29) is 28.8 Å². The van der Waals surface area contributed by atoms with Gasteiger partial charge in [0.1, 0.15) is 17.5 Å². The van der Waals surface area contributed by atoms with Crippen LogP contribution in [0.25, 0.3) is 10.9 Å². The highest BCUT2D eigenvalue weighted by Crippen LogP contribution is 2.45. The van der Waals surface area contributed by atoms with Gasteiger partial charge in [0.25, 0.3) is 5.56 Å². The van der Waals surface area contributed by atoms with Crippen LogP contribution < -0.4 is 21.9 Å². The Morgan fingerprint density at radius 3 is 2.35 bits per heavy atom. The Hall–Kier alpha value is -3.35. The highest BCUT2D eigenvalue weighted by atomic mass is 19.4. The molecule has 0 saturated heterocycles. The second-order valence-electron chi connectivity index (χ2n) is 8.11. The van der Waals surface area contributed by atoms with E-state index < -0.39 is 46.5 Å². The topological polar surface area (TPSA) is 109 Å². The van der Waals surface area contributed by atoms with Gasteiger partial charge in [-0.3, -0.25) is 4.79 Å². The number of H-pyrrole nitrogens is 1. The molecule has 4 rings (SSSR count). The van der Waals surface area contributed by atoms with Gasteiger partial charge in [-0.25, -0.2) is 9.97 Å². The van der Waals surface area contributed by atoms with E-state index in [1.54, 1.807) is 0 Å². The number of nitrogens with two attached hydrogens (primary N) is 1. The Bertz CT molecular complexity index is 1240. The summed E-state index contributed by atoms with van der Waals surface area (Å²) < 4.78 is 82.3. The molecule has 182 valence electrons. The fourth-order valence-electron chi connectivity index (χ4n) is 3.99. The quantitative estimate of drug-likeness (QED) is 0.396. The number of hydrogen-bond acceptors (Lipinski definition) is 6. The fourth-order valence-corrected chi connectivity index (χ4v) is 3.99. The minimum Gasteiger partial charge on any atom is -0.380 e. The Morgan fingerprint density at radius 1 is 1.00 bits per heavy atom. The molecule has 1 aromatic carbocycles. The Kier molecular flexibility index (Phi) is 6.14. The van der Waals surface area contributed by atoms with Crippen molar-refractivity contribution in [1.29, 1.82) is 0 Å². The summed E-state index contributed by atoms with van der Waals surface area (Å²) in [5.41, 5.74) is 1.33. The van der Waals surface area contributed by atoms with Crippen molar-refractivity contribution in [3.8, 4) is 0 Å². The number of pyridine rings is 1. The van der Waals surface area contributed by atoms with Crippen LogP contribution >= 0.6 is 0 Å². The number of aromatic amines is 1. The largest absolute Gasteiger partial charge is 0.418 e. The highest BCUT2D eigenvalue weighted by molar-refractivity contribution is 5.91. The molecule has 2 aromatic heterocycles. The molecule has 0 radical (unpaired) electrons. The van der Waals surface area contributed by atoms with Gasteiger partial charge in [0, 0.05) is 18.3 Å². The maximum absolute atomic E-state index is 13.9. The summed E-state index contributed by atoms with van der Waals surface area (Å²) in [4.78, 5) is 22.5. The molecule has 7 nitrogen and oxygen atoms in total. The summed E-state index contributed by atoms with van der Waals surface area (Å²) in [5.74, 6) is -0.229. The number of hydrogen-bond donors (Lipinski definition) is 4. The number of alkyl halides is 6. The van der Waals surface area contributed by atoms with Crippen molar-refractivity contribution in [2.45, 2.75) is 50.1 Å². The average molecular weight is 486 g/mol. The molecule has 1 aliphatic carbocycles. The molecule has 13 heteroatoms. The predicted octanol–water partition coefficient (Wildman–Crippen LogP) is 4.78. The van der Waals surface area contributed by atoms with Crippen LogP contribution in [0.15, 0.2) is 35.5 Å².